The molecule has 1 saturated heterocycles. The van der Waals surface area contributed by atoms with Gasteiger partial charge in [-0.05, 0) is 42.5 Å². The molecule has 1 aliphatic heterocycles. The van der Waals surface area contributed by atoms with Crippen molar-refractivity contribution in [2.45, 2.75) is 4.71 Å². The number of thioether (sulfide) groups is 1. The zero-order chi connectivity index (χ0) is 18.5. The molecule has 3 rings (SSSR count). The van der Waals surface area contributed by atoms with Gasteiger partial charge in [0.2, 0.25) is 0 Å². The highest BCUT2D eigenvalue weighted by Crippen LogP contribution is 2.30. The Balaban J connectivity index is 1.54. The molecule has 5 nitrogen and oxygen atoms in total. The van der Waals surface area contributed by atoms with Crippen molar-refractivity contribution in [3.63, 3.8) is 0 Å². The lowest BCUT2D eigenvalue weighted by atomic mass is 10.3. The van der Waals surface area contributed by atoms with Gasteiger partial charge in [-0.15, -0.1) is 24.4 Å². The van der Waals surface area contributed by atoms with Crippen molar-refractivity contribution in [1.29, 1.82) is 0 Å². The van der Waals surface area contributed by atoms with Crippen LogP contribution in [-0.4, -0.2) is 34.6 Å². The number of hydrogen-bond acceptors (Lipinski definition) is 6. The summed E-state index contributed by atoms with van der Waals surface area (Å²) < 4.78 is 13.1. The Morgan fingerprint density at radius 1 is 1.31 bits per heavy atom. The first-order valence-corrected chi connectivity index (χ1v) is 9.80. The molecule has 0 aliphatic carbocycles. The largest absolute Gasteiger partial charge is 0.338 e. The first kappa shape index (κ1) is 19.2. The summed E-state index contributed by atoms with van der Waals surface area (Å²) in [5.41, 5.74) is 7.08. The van der Waals surface area contributed by atoms with Crippen molar-refractivity contribution in [3.8, 4) is 0 Å². The molecular formula is C17H18ClFN4OS2. The third-order valence-corrected chi connectivity index (χ3v) is 5.75. The highest BCUT2D eigenvalue weighted by atomic mass is 35.5. The second kappa shape index (κ2) is 8.85. The van der Waals surface area contributed by atoms with Crippen molar-refractivity contribution in [1.82, 2.24) is 10.3 Å². The van der Waals surface area contributed by atoms with E-state index in [9.17, 15) is 9.18 Å². The van der Waals surface area contributed by atoms with Gasteiger partial charge >= 0.3 is 0 Å². The number of carbonyl (C=O) groups is 1. The first-order chi connectivity index (χ1) is 12.5. The SMILES string of the molecule is O=C(CN1CSC(S)N(c2ccc(F)cc2)C1)NNc1cccc(Cl)c1. The van der Waals surface area contributed by atoms with E-state index in [1.807, 2.05) is 15.9 Å². The predicted octanol–water partition coefficient (Wildman–Crippen LogP) is 3.61. The summed E-state index contributed by atoms with van der Waals surface area (Å²) in [6.07, 6.45) is 0. The van der Waals surface area contributed by atoms with Gasteiger partial charge in [-0.1, -0.05) is 17.7 Å². The molecule has 26 heavy (non-hydrogen) atoms. The Morgan fingerprint density at radius 2 is 2.08 bits per heavy atom. The molecule has 2 aromatic rings. The predicted molar refractivity (Wildman–Crippen MR) is 109 cm³/mol. The van der Waals surface area contributed by atoms with Gasteiger partial charge in [0.1, 0.15) is 10.5 Å². The van der Waals surface area contributed by atoms with Gasteiger partial charge in [-0.2, -0.15) is 0 Å². The zero-order valence-corrected chi connectivity index (χ0v) is 16.2. The highest BCUT2D eigenvalue weighted by Gasteiger charge is 2.26. The van der Waals surface area contributed by atoms with Crippen molar-refractivity contribution in [3.05, 3.63) is 59.4 Å². The minimum absolute atomic E-state index is 0.0515. The van der Waals surface area contributed by atoms with Crippen LogP contribution in [0.15, 0.2) is 48.5 Å². The molecule has 0 saturated carbocycles. The summed E-state index contributed by atoms with van der Waals surface area (Å²) in [7, 11) is 0. The Kier molecular flexibility index (Phi) is 6.53. The summed E-state index contributed by atoms with van der Waals surface area (Å²) in [6.45, 7) is 0.746. The van der Waals surface area contributed by atoms with Crippen molar-refractivity contribution in [2.75, 3.05) is 29.4 Å². The summed E-state index contributed by atoms with van der Waals surface area (Å²) in [5.74, 6) is 0.232. The number of thiol groups is 1. The molecule has 1 amide bonds. The van der Waals surface area contributed by atoms with E-state index in [0.29, 0.717) is 23.3 Å². The van der Waals surface area contributed by atoms with E-state index in [0.717, 1.165) is 5.69 Å². The molecule has 2 N–H and O–H groups in total. The van der Waals surface area contributed by atoms with Gasteiger partial charge < -0.3 is 4.90 Å². The van der Waals surface area contributed by atoms with Crippen LogP contribution in [0.1, 0.15) is 0 Å². The van der Waals surface area contributed by atoms with Gasteiger partial charge in [0.15, 0.2) is 0 Å². The molecule has 1 unspecified atom stereocenters. The number of hydrogen-bond donors (Lipinski definition) is 3. The molecule has 1 fully saturated rings. The number of hydrazine groups is 1. The van der Waals surface area contributed by atoms with Crippen molar-refractivity contribution < 1.29 is 9.18 Å². The van der Waals surface area contributed by atoms with E-state index in [2.05, 4.69) is 23.5 Å². The van der Waals surface area contributed by atoms with Crippen molar-refractivity contribution in [2.24, 2.45) is 0 Å². The van der Waals surface area contributed by atoms with E-state index in [-0.39, 0.29) is 23.0 Å². The number of amides is 1. The Bertz CT molecular complexity index is 765. The molecule has 9 heteroatoms. The minimum Gasteiger partial charge on any atom is -0.338 e. The zero-order valence-electron chi connectivity index (χ0n) is 13.7. The smallest absolute Gasteiger partial charge is 0.252 e. The maximum atomic E-state index is 13.1. The molecule has 2 aromatic carbocycles. The van der Waals surface area contributed by atoms with Crippen LogP contribution in [0.2, 0.25) is 5.02 Å². The van der Waals surface area contributed by atoms with Gasteiger partial charge in [-0.3, -0.25) is 20.5 Å². The van der Waals surface area contributed by atoms with Crippen LogP contribution in [-0.2, 0) is 4.79 Å². The fourth-order valence-corrected chi connectivity index (χ4v) is 3.96. The topological polar surface area (TPSA) is 47.6 Å². The molecule has 0 spiro atoms. The standard InChI is InChI=1S/C17H18ClFN4OS2/c18-12-2-1-3-14(8-12)20-21-16(24)9-22-10-23(17(25)26-11-22)15-6-4-13(19)5-7-15/h1-8,17,20,25H,9-11H2,(H,21,24). The molecule has 1 aliphatic rings. The number of rotatable bonds is 5. The van der Waals surface area contributed by atoms with E-state index in [1.165, 1.54) is 12.1 Å². The quantitative estimate of drug-likeness (QED) is 0.517. The molecule has 0 aromatic heterocycles. The Hall–Kier alpha value is -1.61. The molecule has 138 valence electrons. The van der Waals surface area contributed by atoms with Crippen LogP contribution in [0.4, 0.5) is 15.8 Å². The van der Waals surface area contributed by atoms with Gasteiger partial charge in [0, 0.05) is 16.6 Å². The summed E-state index contributed by atoms with van der Waals surface area (Å²) >= 11 is 12.1. The number of carbonyl (C=O) groups excluding carboxylic acids is 1. The number of nitrogens with zero attached hydrogens (tertiary/aromatic N) is 2. The Labute approximate surface area is 166 Å². The van der Waals surface area contributed by atoms with Crippen LogP contribution in [0, 0.1) is 5.82 Å². The summed E-state index contributed by atoms with van der Waals surface area (Å²) in [4.78, 5) is 16.2. The second-order valence-electron chi connectivity index (χ2n) is 5.72. The molecule has 1 atom stereocenters. The summed E-state index contributed by atoms with van der Waals surface area (Å²) in [5, 5.41) is 0.589. The lowest BCUT2D eigenvalue weighted by Gasteiger charge is -2.40. The molecule has 1 heterocycles. The van der Waals surface area contributed by atoms with E-state index >= 15 is 0 Å². The maximum absolute atomic E-state index is 13.1. The fraction of sp³-hybridized carbons (Fsp3) is 0.235. The van der Waals surface area contributed by atoms with Crippen molar-refractivity contribution >= 4 is 53.3 Å². The fourth-order valence-electron chi connectivity index (χ4n) is 2.48. The van der Waals surface area contributed by atoms with E-state index in [1.54, 1.807) is 42.1 Å². The minimum atomic E-state index is -0.280. The molecule has 0 bridgehead atoms. The number of nitrogens with one attached hydrogen (secondary N) is 2. The second-order valence-corrected chi connectivity index (χ2v) is 8.04. The molecule has 0 radical (unpaired) electrons. The van der Waals surface area contributed by atoms with Crippen LogP contribution in [0.5, 0.6) is 0 Å². The third kappa shape index (κ3) is 5.20. The van der Waals surface area contributed by atoms with E-state index in [4.69, 9.17) is 11.6 Å². The van der Waals surface area contributed by atoms with Crippen LogP contribution in [0.3, 0.4) is 0 Å². The summed E-state index contributed by atoms with van der Waals surface area (Å²) in [6, 6.07) is 13.4. The number of benzene rings is 2. The first-order valence-electron chi connectivity index (χ1n) is 7.86. The monoisotopic (exact) mass is 412 g/mol. The maximum Gasteiger partial charge on any atom is 0.252 e. The highest BCUT2D eigenvalue weighted by molar-refractivity contribution is 8.10. The Morgan fingerprint density at radius 3 is 2.81 bits per heavy atom. The van der Waals surface area contributed by atoms with Gasteiger partial charge in [-0.25, -0.2) is 4.39 Å². The lowest BCUT2D eigenvalue weighted by molar-refractivity contribution is -0.121. The average molecular weight is 413 g/mol. The number of halogens is 2. The van der Waals surface area contributed by atoms with Crippen LogP contribution >= 0.6 is 36.0 Å². The third-order valence-electron chi connectivity index (χ3n) is 3.72. The van der Waals surface area contributed by atoms with Gasteiger partial charge in [0.25, 0.3) is 5.91 Å². The van der Waals surface area contributed by atoms with Gasteiger partial charge in [0.05, 0.1) is 18.9 Å². The normalized spacial score (nSPS) is 17.8. The molecular weight excluding hydrogens is 395 g/mol. The van der Waals surface area contributed by atoms with E-state index < -0.39 is 0 Å². The van der Waals surface area contributed by atoms with Crippen LogP contribution in [0.25, 0.3) is 0 Å². The average Bonchev–Trinajstić information content (AvgIpc) is 2.62. The number of anilines is 2. The van der Waals surface area contributed by atoms with Crippen LogP contribution < -0.4 is 15.8 Å². The lowest BCUT2D eigenvalue weighted by Crippen LogP contribution is -2.49.